The summed E-state index contributed by atoms with van der Waals surface area (Å²) < 4.78 is 10.4. The fraction of sp³-hybridized carbons (Fsp3) is 0.364. The highest BCUT2D eigenvalue weighted by molar-refractivity contribution is 6.03. The van der Waals surface area contributed by atoms with Gasteiger partial charge >= 0.3 is 0 Å². The minimum Gasteiger partial charge on any atom is -0.497 e. The highest BCUT2D eigenvalue weighted by atomic mass is 16.5. The molecule has 1 amide bonds. The molecule has 2 rings (SSSR count). The fourth-order valence-corrected chi connectivity index (χ4v) is 1.90. The van der Waals surface area contributed by atoms with E-state index in [1.165, 1.54) is 0 Å². The second kappa shape index (κ2) is 4.02. The van der Waals surface area contributed by atoms with Crippen molar-refractivity contribution in [2.75, 3.05) is 26.6 Å². The molecule has 0 fully saturated rings. The summed E-state index contributed by atoms with van der Waals surface area (Å²) in [6.07, 6.45) is 0. The van der Waals surface area contributed by atoms with E-state index in [9.17, 15) is 4.79 Å². The summed E-state index contributed by atoms with van der Waals surface area (Å²) in [5.74, 6) is 1.23. The quantitative estimate of drug-likeness (QED) is 0.798. The van der Waals surface area contributed by atoms with E-state index in [4.69, 9.17) is 9.47 Å². The van der Waals surface area contributed by atoms with Gasteiger partial charge in [0.2, 0.25) is 5.91 Å². The summed E-state index contributed by atoms with van der Waals surface area (Å²) in [5, 5.41) is 5.74. The fourth-order valence-electron chi connectivity index (χ4n) is 1.90. The molecule has 0 saturated heterocycles. The predicted molar refractivity (Wildman–Crippen MR) is 60.0 cm³/mol. The van der Waals surface area contributed by atoms with Crippen LogP contribution in [0.25, 0.3) is 0 Å². The van der Waals surface area contributed by atoms with Gasteiger partial charge in [-0.25, -0.2) is 0 Å². The first-order valence-corrected chi connectivity index (χ1v) is 4.95. The summed E-state index contributed by atoms with van der Waals surface area (Å²) in [7, 11) is 4.89. The van der Waals surface area contributed by atoms with Crippen LogP contribution in [0, 0.1) is 0 Å². The summed E-state index contributed by atoms with van der Waals surface area (Å²) in [6.45, 7) is 0. The van der Waals surface area contributed by atoms with Crippen LogP contribution < -0.4 is 20.1 Å². The van der Waals surface area contributed by atoms with Crippen molar-refractivity contribution in [3.05, 3.63) is 17.7 Å². The Hall–Kier alpha value is -1.75. The average molecular weight is 222 g/mol. The van der Waals surface area contributed by atoms with Crippen LogP contribution in [0.1, 0.15) is 11.6 Å². The van der Waals surface area contributed by atoms with Crippen molar-refractivity contribution in [1.82, 2.24) is 5.32 Å². The molecule has 0 bridgehead atoms. The molecule has 1 unspecified atom stereocenters. The number of likely N-dealkylation sites (N-methyl/N-ethyl adjacent to an activating group) is 1. The number of methoxy groups -OCH3 is 2. The molecule has 1 aliphatic rings. The summed E-state index contributed by atoms with van der Waals surface area (Å²) in [4.78, 5) is 11.7. The van der Waals surface area contributed by atoms with Gasteiger partial charge in [-0.1, -0.05) is 0 Å². The maximum absolute atomic E-state index is 11.7. The van der Waals surface area contributed by atoms with Crippen LogP contribution in [0.3, 0.4) is 0 Å². The minimum atomic E-state index is -0.365. The molecular formula is C11H14N2O3. The Morgan fingerprint density at radius 1 is 1.31 bits per heavy atom. The first kappa shape index (κ1) is 10.8. The summed E-state index contributed by atoms with van der Waals surface area (Å²) in [6, 6.07) is 3.19. The highest BCUT2D eigenvalue weighted by Crippen LogP contribution is 2.40. The SMILES string of the molecule is CNC1C(=O)Nc2cc(OC)cc(OC)c21. The normalized spacial score (nSPS) is 17.9. The lowest BCUT2D eigenvalue weighted by Gasteiger charge is -2.12. The summed E-state index contributed by atoms with van der Waals surface area (Å²) in [5.41, 5.74) is 1.57. The Morgan fingerprint density at radius 2 is 2.06 bits per heavy atom. The third kappa shape index (κ3) is 1.49. The van der Waals surface area contributed by atoms with Gasteiger partial charge in [0, 0.05) is 17.7 Å². The molecule has 0 aromatic heterocycles. The molecule has 1 aliphatic heterocycles. The van der Waals surface area contributed by atoms with Crippen molar-refractivity contribution >= 4 is 11.6 Å². The van der Waals surface area contributed by atoms with Crippen molar-refractivity contribution in [3.8, 4) is 11.5 Å². The third-order valence-corrected chi connectivity index (χ3v) is 2.67. The molecule has 0 aliphatic carbocycles. The molecular weight excluding hydrogens is 208 g/mol. The Balaban J connectivity index is 2.55. The first-order chi connectivity index (χ1) is 7.71. The van der Waals surface area contributed by atoms with Gasteiger partial charge in [-0.05, 0) is 7.05 Å². The zero-order chi connectivity index (χ0) is 11.7. The number of carbonyl (C=O) groups is 1. The average Bonchev–Trinajstić information content (AvgIpc) is 2.62. The Bertz CT molecular complexity index is 431. The lowest BCUT2D eigenvalue weighted by molar-refractivity contribution is -0.117. The second-order valence-electron chi connectivity index (χ2n) is 3.50. The van der Waals surface area contributed by atoms with E-state index in [1.54, 1.807) is 33.4 Å². The van der Waals surface area contributed by atoms with E-state index in [0.717, 1.165) is 11.3 Å². The minimum absolute atomic E-state index is 0.0796. The predicted octanol–water partition coefficient (Wildman–Crippen LogP) is 0.916. The van der Waals surface area contributed by atoms with Gasteiger partial charge in [-0.15, -0.1) is 0 Å². The maximum atomic E-state index is 11.7. The summed E-state index contributed by atoms with van der Waals surface area (Å²) >= 11 is 0. The number of benzene rings is 1. The van der Waals surface area contributed by atoms with Crippen LogP contribution in [-0.2, 0) is 4.79 Å². The number of hydrogen-bond donors (Lipinski definition) is 2. The number of ether oxygens (including phenoxy) is 2. The number of hydrogen-bond acceptors (Lipinski definition) is 4. The molecule has 0 spiro atoms. The van der Waals surface area contributed by atoms with E-state index in [2.05, 4.69) is 10.6 Å². The van der Waals surface area contributed by atoms with Crippen LogP contribution in [-0.4, -0.2) is 27.2 Å². The lowest BCUT2D eigenvalue weighted by atomic mass is 10.1. The van der Waals surface area contributed by atoms with Gasteiger partial charge in [0.1, 0.15) is 17.5 Å². The van der Waals surface area contributed by atoms with E-state index in [0.29, 0.717) is 11.5 Å². The van der Waals surface area contributed by atoms with Crippen LogP contribution in [0.15, 0.2) is 12.1 Å². The molecule has 0 saturated carbocycles. The molecule has 0 radical (unpaired) electrons. The Morgan fingerprint density at radius 3 is 2.62 bits per heavy atom. The molecule has 5 nitrogen and oxygen atoms in total. The van der Waals surface area contributed by atoms with Crippen LogP contribution in [0.5, 0.6) is 11.5 Å². The number of carbonyl (C=O) groups excluding carboxylic acids is 1. The monoisotopic (exact) mass is 222 g/mol. The van der Waals surface area contributed by atoms with Gasteiger partial charge in [-0.2, -0.15) is 0 Å². The van der Waals surface area contributed by atoms with Crippen molar-refractivity contribution in [3.63, 3.8) is 0 Å². The van der Waals surface area contributed by atoms with Crippen molar-refractivity contribution in [1.29, 1.82) is 0 Å². The van der Waals surface area contributed by atoms with Gasteiger partial charge in [0.15, 0.2) is 0 Å². The molecule has 1 aromatic rings. The second-order valence-corrected chi connectivity index (χ2v) is 3.50. The molecule has 16 heavy (non-hydrogen) atoms. The molecule has 2 N–H and O–H groups in total. The smallest absolute Gasteiger partial charge is 0.246 e. The van der Waals surface area contributed by atoms with Gasteiger partial charge < -0.3 is 20.1 Å². The number of amides is 1. The Kier molecular flexibility index (Phi) is 2.70. The third-order valence-electron chi connectivity index (χ3n) is 2.67. The first-order valence-electron chi connectivity index (χ1n) is 4.95. The number of fused-ring (bicyclic) bond motifs is 1. The molecule has 86 valence electrons. The number of anilines is 1. The molecule has 1 heterocycles. The van der Waals surface area contributed by atoms with Crippen molar-refractivity contribution in [2.24, 2.45) is 0 Å². The van der Waals surface area contributed by atoms with Gasteiger partial charge in [-0.3, -0.25) is 4.79 Å². The van der Waals surface area contributed by atoms with Gasteiger partial charge in [0.05, 0.1) is 19.9 Å². The topological polar surface area (TPSA) is 59.6 Å². The van der Waals surface area contributed by atoms with Crippen LogP contribution in [0.2, 0.25) is 0 Å². The van der Waals surface area contributed by atoms with E-state index in [-0.39, 0.29) is 11.9 Å². The van der Waals surface area contributed by atoms with Crippen molar-refractivity contribution < 1.29 is 14.3 Å². The highest BCUT2D eigenvalue weighted by Gasteiger charge is 2.33. The Labute approximate surface area is 93.7 Å². The van der Waals surface area contributed by atoms with E-state index >= 15 is 0 Å². The zero-order valence-corrected chi connectivity index (χ0v) is 9.46. The van der Waals surface area contributed by atoms with E-state index in [1.807, 2.05) is 0 Å². The van der Waals surface area contributed by atoms with Gasteiger partial charge in [0.25, 0.3) is 0 Å². The number of nitrogens with one attached hydrogen (secondary N) is 2. The molecule has 1 aromatic carbocycles. The van der Waals surface area contributed by atoms with Crippen LogP contribution >= 0.6 is 0 Å². The van der Waals surface area contributed by atoms with Crippen LogP contribution in [0.4, 0.5) is 5.69 Å². The molecule has 5 heteroatoms. The zero-order valence-electron chi connectivity index (χ0n) is 9.46. The van der Waals surface area contributed by atoms with E-state index < -0.39 is 0 Å². The largest absolute Gasteiger partial charge is 0.497 e. The number of rotatable bonds is 3. The lowest BCUT2D eigenvalue weighted by Crippen LogP contribution is -2.24. The molecule has 1 atom stereocenters. The maximum Gasteiger partial charge on any atom is 0.246 e. The van der Waals surface area contributed by atoms with Crippen molar-refractivity contribution in [2.45, 2.75) is 6.04 Å². The standard InChI is InChI=1S/C11H14N2O3/c1-12-10-9-7(13-11(10)14)4-6(15-2)5-8(9)16-3/h4-5,10,12H,1-3H3,(H,13,14).